The lowest BCUT2D eigenvalue weighted by Gasteiger charge is -2.44. The zero-order valence-corrected chi connectivity index (χ0v) is 23.7. The topological polar surface area (TPSA) is 110 Å². The number of aliphatic hydroxyl groups is 2. The zero-order valence-electron chi connectivity index (χ0n) is 22.2. The van der Waals surface area contributed by atoms with Crippen LogP contribution in [0.4, 0.5) is 10.1 Å². The first-order valence-corrected chi connectivity index (χ1v) is 13.0. The summed E-state index contributed by atoms with van der Waals surface area (Å²) in [7, 11) is 3.00. The predicted octanol–water partition coefficient (Wildman–Crippen LogP) is 4.03. The van der Waals surface area contributed by atoms with Gasteiger partial charge in [-0.2, -0.15) is 0 Å². The number of halogens is 3. The number of hydrogen-bond acceptors (Lipinski definition) is 7. The molecule has 2 heterocycles. The first kappa shape index (κ1) is 29.4. The molecule has 0 bridgehead atoms. The van der Waals surface area contributed by atoms with Crippen LogP contribution in [0.1, 0.15) is 32.4 Å². The molecule has 12 heteroatoms. The van der Waals surface area contributed by atoms with Crippen molar-refractivity contribution in [2.24, 2.45) is 0 Å². The summed E-state index contributed by atoms with van der Waals surface area (Å²) in [5, 5.41) is 29.8. The highest BCUT2D eigenvalue weighted by Gasteiger charge is 2.50. The van der Waals surface area contributed by atoms with E-state index in [0.717, 1.165) is 5.56 Å². The highest BCUT2D eigenvalue weighted by Crippen LogP contribution is 2.37. The van der Waals surface area contributed by atoms with Gasteiger partial charge in [-0.05, 0) is 35.2 Å². The fourth-order valence-corrected chi connectivity index (χ4v) is 5.08. The van der Waals surface area contributed by atoms with Crippen LogP contribution in [-0.2, 0) is 19.7 Å². The van der Waals surface area contributed by atoms with E-state index in [-0.39, 0.29) is 10.4 Å². The van der Waals surface area contributed by atoms with Gasteiger partial charge in [-0.1, -0.05) is 61.3 Å². The van der Waals surface area contributed by atoms with Crippen LogP contribution >= 0.6 is 23.2 Å². The Kier molecular flexibility index (Phi) is 8.65. The Morgan fingerprint density at radius 3 is 2.56 bits per heavy atom. The molecular formula is C27H31Cl2FN4O5. The van der Waals surface area contributed by atoms with Gasteiger partial charge in [0.2, 0.25) is 0 Å². The minimum Gasteiger partial charge on any atom is -0.394 e. The van der Waals surface area contributed by atoms with Gasteiger partial charge in [-0.25, -0.2) is 9.07 Å². The van der Waals surface area contributed by atoms with Crippen LogP contribution in [0.5, 0.6) is 0 Å². The van der Waals surface area contributed by atoms with Crippen molar-refractivity contribution < 1.29 is 28.9 Å². The number of amides is 1. The maximum Gasteiger partial charge on any atom is 0.258 e. The number of carbonyl (C=O) groups is 1. The second-order valence-corrected chi connectivity index (χ2v) is 11.3. The molecular weight excluding hydrogens is 550 g/mol. The molecule has 4 rings (SSSR count). The minimum atomic E-state index is -1.30. The zero-order chi connectivity index (χ0) is 28.6. The van der Waals surface area contributed by atoms with Crippen molar-refractivity contribution in [3.63, 3.8) is 0 Å². The first-order chi connectivity index (χ1) is 18.4. The molecule has 1 aliphatic rings. The maximum absolute atomic E-state index is 14.0. The van der Waals surface area contributed by atoms with Crippen molar-refractivity contribution in [2.45, 2.75) is 56.6 Å². The highest BCUT2D eigenvalue weighted by molar-refractivity contribution is 6.31. The minimum absolute atomic E-state index is 0.0315. The van der Waals surface area contributed by atoms with E-state index in [2.05, 4.69) is 10.3 Å². The summed E-state index contributed by atoms with van der Waals surface area (Å²) in [5.41, 5.74) is 1.91. The molecule has 0 radical (unpaired) electrons. The van der Waals surface area contributed by atoms with Crippen LogP contribution in [0, 0.1) is 5.82 Å². The Bertz CT molecular complexity index is 1350. The van der Waals surface area contributed by atoms with Gasteiger partial charge in [0, 0.05) is 30.4 Å². The lowest BCUT2D eigenvalue weighted by molar-refractivity contribution is -0.211. The monoisotopic (exact) mass is 580 g/mol. The number of carbonyl (C=O) groups excluding carboxylic acids is 1. The Labute approximate surface area is 236 Å². The Hall–Kier alpha value is -2.60. The number of anilines is 1. The number of aliphatic hydroxyl groups excluding tert-OH is 2. The van der Waals surface area contributed by atoms with Gasteiger partial charge in [0.1, 0.15) is 35.9 Å². The quantitative estimate of drug-likeness (QED) is 0.453. The van der Waals surface area contributed by atoms with Gasteiger partial charge in [-0.3, -0.25) is 4.79 Å². The van der Waals surface area contributed by atoms with Crippen LogP contribution in [-0.4, -0.2) is 76.3 Å². The van der Waals surface area contributed by atoms with Gasteiger partial charge < -0.3 is 24.6 Å². The van der Waals surface area contributed by atoms with Crippen LogP contribution in [0.15, 0.2) is 42.6 Å². The molecule has 3 aromatic rings. The van der Waals surface area contributed by atoms with Gasteiger partial charge >= 0.3 is 0 Å². The molecule has 1 aromatic heterocycles. The molecule has 0 unspecified atom stereocenters. The van der Waals surface area contributed by atoms with E-state index in [1.54, 1.807) is 25.2 Å². The summed E-state index contributed by atoms with van der Waals surface area (Å²) >= 11 is 12.1. The van der Waals surface area contributed by atoms with E-state index in [1.807, 2.05) is 26.8 Å². The van der Waals surface area contributed by atoms with Crippen molar-refractivity contribution >= 4 is 34.8 Å². The van der Waals surface area contributed by atoms with E-state index in [4.69, 9.17) is 32.7 Å². The summed E-state index contributed by atoms with van der Waals surface area (Å²) in [5.74, 6) is -1.08. The van der Waals surface area contributed by atoms with Crippen molar-refractivity contribution in [3.8, 4) is 11.3 Å². The van der Waals surface area contributed by atoms with Gasteiger partial charge in [-0.15, -0.1) is 5.10 Å². The second kappa shape index (κ2) is 11.5. The van der Waals surface area contributed by atoms with Crippen LogP contribution in [0.3, 0.4) is 0 Å². The molecule has 2 aromatic carbocycles. The van der Waals surface area contributed by atoms with Crippen LogP contribution in [0.25, 0.3) is 11.3 Å². The third kappa shape index (κ3) is 5.82. The molecule has 2 N–H and O–H groups in total. The van der Waals surface area contributed by atoms with Crippen molar-refractivity contribution in [3.05, 3.63) is 64.0 Å². The number of aromatic nitrogens is 3. The predicted molar refractivity (Wildman–Crippen MR) is 146 cm³/mol. The largest absolute Gasteiger partial charge is 0.394 e. The molecule has 1 saturated heterocycles. The van der Waals surface area contributed by atoms with E-state index in [0.29, 0.717) is 22.0 Å². The fraction of sp³-hybridized carbons (Fsp3) is 0.444. The molecule has 39 heavy (non-hydrogen) atoms. The molecule has 0 spiro atoms. The fourth-order valence-electron chi connectivity index (χ4n) is 4.80. The lowest BCUT2D eigenvalue weighted by Crippen LogP contribution is -2.61. The van der Waals surface area contributed by atoms with Gasteiger partial charge in [0.05, 0.1) is 17.8 Å². The normalized spacial score (nSPS) is 23.6. The maximum atomic E-state index is 14.0. The molecule has 0 aliphatic carbocycles. The number of ether oxygens (including phenoxy) is 2. The van der Waals surface area contributed by atoms with Gasteiger partial charge in [0.25, 0.3) is 5.91 Å². The van der Waals surface area contributed by atoms with Crippen molar-refractivity contribution in [1.29, 1.82) is 0 Å². The number of rotatable bonds is 6. The Balaban J connectivity index is 1.71. The third-order valence-electron chi connectivity index (χ3n) is 6.87. The third-order valence-corrected chi connectivity index (χ3v) is 7.42. The number of likely N-dealkylation sites (N-methyl/N-ethyl adjacent to an activating group) is 1. The van der Waals surface area contributed by atoms with E-state index >= 15 is 0 Å². The van der Waals surface area contributed by atoms with E-state index in [1.165, 1.54) is 35.0 Å². The average Bonchev–Trinajstić information content (AvgIpc) is 3.38. The molecule has 210 valence electrons. The first-order valence-electron chi connectivity index (χ1n) is 12.3. The Morgan fingerprint density at radius 2 is 1.95 bits per heavy atom. The van der Waals surface area contributed by atoms with E-state index < -0.39 is 48.8 Å². The van der Waals surface area contributed by atoms with Crippen molar-refractivity contribution in [1.82, 2.24) is 15.0 Å². The average molecular weight is 581 g/mol. The molecule has 1 fully saturated rings. The number of benzene rings is 2. The van der Waals surface area contributed by atoms with Crippen LogP contribution < -0.4 is 4.90 Å². The molecule has 0 saturated carbocycles. The lowest BCUT2D eigenvalue weighted by atomic mass is 9.85. The standard InChI is InChI=1S/C27H31Cl2FN4O5/c1-27(2,3)16-8-7-15(28)11-20(16)33(4)26(37)25-24(38-5)22(23(36)21(13-35)39-25)34-12-19(31-32-34)14-6-9-17(29)18(30)10-14/h6-12,21-25,35-36H,13H2,1-5H3/t21-,22+,23+,24-,25-/m1/s1. The second-order valence-electron chi connectivity index (χ2n) is 10.5. The summed E-state index contributed by atoms with van der Waals surface area (Å²) in [6.07, 6.45) is -3.17. The number of nitrogens with zero attached hydrogens (tertiary/aromatic N) is 4. The Morgan fingerprint density at radius 1 is 1.23 bits per heavy atom. The summed E-state index contributed by atoms with van der Waals surface area (Å²) in [6.45, 7) is 5.51. The van der Waals surface area contributed by atoms with E-state index in [9.17, 15) is 19.4 Å². The molecule has 5 atom stereocenters. The summed E-state index contributed by atoms with van der Waals surface area (Å²) < 4.78 is 27.0. The summed E-state index contributed by atoms with van der Waals surface area (Å²) in [6, 6.07) is 8.58. The van der Waals surface area contributed by atoms with Gasteiger partial charge in [0.15, 0.2) is 6.10 Å². The molecule has 1 aliphatic heterocycles. The highest BCUT2D eigenvalue weighted by atomic mass is 35.5. The summed E-state index contributed by atoms with van der Waals surface area (Å²) in [4.78, 5) is 15.4. The van der Waals surface area contributed by atoms with Crippen LogP contribution in [0.2, 0.25) is 10.0 Å². The number of hydrogen-bond donors (Lipinski definition) is 2. The smallest absolute Gasteiger partial charge is 0.258 e. The SMILES string of the molecule is CO[C@@H]1[C@@H](n2cc(-c3ccc(Cl)c(F)c3)nn2)[C@@H](O)[C@@H](CO)O[C@H]1C(=O)N(C)c1cc(Cl)ccc1C(C)(C)C. The molecule has 1 amide bonds. The number of methoxy groups -OCH3 is 1. The molecule has 9 nitrogen and oxygen atoms in total. The van der Waals surface area contributed by atoms with Crippen molar-refractivity contribution in [2.75, 3.05) is 25.7 Å².